The first-order valence-electron chi connectivity index (χ1n) is 7.87. The van der Waals surface area contributed by atoms with Crippen LogP contribution in [0.4, 0.5) is 0 Å². The smallest absolute Gasteiger partial charge is 0.223 e. The fourth-order valence-corrected chi connectivity index (χ4v) is 4.21. The second kappa shape index (κ2) is 9.07. The Morgan fingerprint density at radius 1 is 1.43 bits per heavy atom. The number of halogens is 2. The van der Waals surface area contributed by atoms with Crippen molar-refractivity contribution in [2.75, 3.05) is 13.1 Å². The molecule has 2 heterocycles. The van der Waals surface area contributed by atoms with E-state index in [4.69, 9.17) is 0 Å². The molecule has 1 saturated heterocycles. The molecule has 6 heteroatoms. The Kier molecular flexibility index (Phi) is 8.08. The van der Waals surface area contributed by atoms with Gasteiger partial charge in [-0.3, -0.25) is 4.79 Å². The molecule has 1 aromatic heterocycles. The van der Waals surface area contributed by atoms with Crippen LogP contribution in [0.5, 0.6) is 0 Å². The van der Waals surface area contributed by atoms with Crippen LogP contribution < -0.4 is 5.32 Å². The van der Waals surface area contributed by atoms with Gasteiger partial charge in [0.05, 0.1) is 0 Å². The van der Waals surface area contributed by atoms with E-state index in [2.05, 4.69) is 33.6 Å². The lowest BCUT2D eigenvalue weighted by Gasteiger charge is -2.29. The highest BCUT2D eigenvalue weighted by atomic mass is 35.5. The number of piperidine rings is 1. The fraction of sp³-hybridized carbons (Fsp3) is 0.588. The monoisotopic (exact) mass is 376 g/mol. The van der Waals surface area contributed by atoms with Gasteiger partial charge in [0.25, 0.3) is 0 Å². The number of nitrogens with one attached hydrogen (secondary N) is 1. The molecule has 0 radical (unpaired) electrons. The normalized spacial score (nSPS) is 21.0. The van der Waals surface area contributed by atoms with Gasteiger partial charge in [-0.15, -0.1) is 31.4 Å². The van der Waals surface area contributed by atoms with Crippen molar-refractivity contribution in [2.24, 2.45) is 5.41 Å². The predicted molar refractivity (Wildman–Crippen MR) is 102 cm³/mol. The van der Waals surface area contributed by atoms with Crippen LogP contribution in [0.15, 0.2) is 29.5 Å². The van der Waals surface area contributed by atoms with E-state index in [9.17, 15) is 4.79 Å². The molecular formula is C17H26Cl2N2OS. The Balaban J connectivity index is 0.00000132. The fourth-order valence-electron chi connectivity index (χ4n) is 3.55. The van der Waals surface area contributed by atoms with Crippen LogP contribution in [0.25, 0.3) is 0 Å². The summed E-state index contributed by atoms with van der Waals surface area (Å²) in [6, 6.07) is 2.59. The molecular weight excluding hydrogens is 351 g/mol. The van der Waals surface area contributed by atoms with Gasteiger partial charge in [-0.05, 0) is 66.6 Å². The SMILES string of the molecule is C=CCCC(=O)N(Cc1ccsc1)C1CC12CCNCC2.Cl.Cl. The number of carbonyl (C=O) groups is 1. The summed E-state index contributed by atoms with van der Waals surface area (Å²) in [5.74, 6) is 0.293. The maximum Gasteiger partial charge on any atom is 0.223 e. The molecule has 23 heavy (non-hydrogen) atoms. The number of allylic oxidation sites excluding steroid dienone is 1. The lowest BCUT2D eigenvalue weighted by atomic mass is 9.93. The molecule has 130 valence electrons. The van der Waals surface area contributed by atoms with Gasteiger partial charge in [0, 0.05) is 19.0 Å². The maximum absolute atomic E-state index is 12.6. The highest BCUT2D eigenvalue weighted by molar-refractivity contribution is 7.07. The summed E-state index contributed by atoms with van der Waals surface area (Å²) in [6.07, 6.45) is 6.84. The average molecular weight is 377 g/mol. The third-order valence-electron chi connectivity index (χ3n) is 4.94. The van der Waals surface area contributed by atoms with E-state index in [0.29, 0.717) is 23.8 Å². The highest BCUT2D eigenvalue weighted by Gasteiger charge is 2.57. The number of carbonyl (C=O) groups excluding carboxylic acids is 1. The van der Waals surface area contributed by atoms with E-state index in [0.717, 1.165) is 26.1 Å². The molecule has 1 unspecified atom stereocenters. The van der Waals surface area contributed by atoms with Gasteiger partial charge in [0.15, 0.2) is 0 Å². The average Bonchev–Trinajstić information content (AvgIpc) is 2.95. The molecule has 1 aliphatic carbocycles. The third-order valence-corrected chi connectivity index (χ3v) is 5.67. The summed E-state index contributed by atoms with van der Waals surface area (Å²) in [4.78, 5) is 14.8. The molecule has 0 bridgehead atoms. The predicted octanol–water partition coefficient (Wildman–Crippen LogP) is 4.03. The molecule has 0 aromatic carbocycles. The van der Waals surface area contributed by atoms with E-state index in [1.807, 2.05) is 6.08 Å². The van der Waals surface area contributed by atoms with Gasteiger partial charge in [-0.25, -0.2) is 0 Å². The first-order valence-corrected chi connectivity index (χ1v) is 8.82. The van der Waals surface area contributed by atoms with Crippen molar-refractivity contribution in [1.82, 2.24) is 10.2 Å². The molecule has 1 aliphatic heterocycles. The Labute approximate surface area is 155 Å². The number of hydrogen-bond donors (Lipinski definition) is 1. The van der Waals surface area contributed by atoms with E-state index in [1.54, 1.807) is 11.3 Å². The van der Waals surface area contributed by atoms with Crippen molar-refractivity contribution in [1.29, 1.82) is 0 Å². The van der Waals surface area contributed by atoms with Crippen molar-refractivity contribution in [2.45, 2.75) is 44.7 Å². The Bertz CT molecular complexity index is 501. The van der Waals surface area contributed by atoms with Crippen molar-refractivity contribution in [3.05, 3.63) is 35.0 Å². The largest absolute Gasteiger partial charge is 0.335 e. The molecule has 1 saturated carbocycles. The van der Waals surface area contributed by atoms with Crippen LogP contribution in [-0.4, -0.2) is 29.9 Å². The number of hydrogen-bond acceptors (Lipinski definition) is 3. The highest BCUT2D eigenvalue weighted by Crippen LogP contribution is 2.56. The number of rotatable bonds is 6. The van der Waals surface area contributed by atoms with Gasteiger partial charge >= 0.3 is 0 Å². The van der Waals surface area contributed by atoms with Crippen molar-refractivity contribution in [3.8, 4) is 0 Å². The van der Waals surface area contributed by atoms with Gasteiger partial charge < -0.3 is 10.2 Å². The Morgan fingerprint density at radius 3 is 2.78 bits per heavy atom. The van der Waals surface area contributed by atoms with Crippen LogP contribution in [0.1, 0.15) is 37.7 Å². The standard InChI is InChI=1S/C17H24N2OS.2ClH/c1-2-3-4-16(20)19(12-14-5-10-21-13-14)15-11-17(15)6-8-18-9-7-17;;/h2,5,10,13,15,18H,1,3-4,6-9,11-12H2;2*1H. The summed E-state index contributed by atoms with van der Waals surface area (Å²) in [5.41, 5.74) is 1.67. The van der Waals surface area contributed by atoms with E-state index >= 15 is 0 Å². The van der Waals surface area contributed by atoms with E-state index < -0.39 is 0 Å². The Morgan fingerprint density at radius 2 is 2.17 bits per heavy atom. The minimum Gasteiger partial charge on any atom is -0.335 e. The summed E-state index contributed by atoms with van der Waals surface area (Å²) < 4.78 is 0. The van der Waals surface area contributed by atoms with E-state index in [1.165, 1.54) is 24.8 Å². The molecule has 1 atom stereocenters. The summed E-state index contributed by atoms with van der Waals surface area (Å²) in [6.45, 7) is 6.71. The lowest BCUT2D eigenvalue weighted by Crippen LogP contribution is -2.39. The molecule has 3 rings (SSSR count). The first-order chi connectivity index (χ1) is 10.2. The summed E-state index contributed by atoms with van der Waals surface area (Å²) >= 11 is 1.71. The van der Waals surface area contributed by atoms with Crippen LogP contribution in [0.2, 0.25) is 0 Å². The first kappa shape index (κ1) is 20.5. The summed E-state index contributed by atoms with van der Waals surface area (Å²) in [5, 5.41) is 7.68. The van der Waals surface area contributed by atoms with Crippen LogP contribution in [0.3, 0.4) is 0 Å². The lowest BCUT2D eigenvalue weighted by molar-refractivity contribution is -0.133. The van der Waals surface area contributed by atoms with Crippen LogP contribution >= 0.6 is 36.2 Å². The molecule has 3 nitrogen and oxygen atoms in total. The molecule has 2 aliphatic rings. The zero-order valence-electron chi connectivity index (χ0n) is 13.3. The van der Waals surface area contributed by atoms with E-state index in [-0.39, 0.29) is 24.8 Å². The molecule has 1 amide bonds. The van der Waals surface area contributed by atoms with Gasteiger partial charge in [-0.1, -0.05) is 6.08 Å². The van der Waals surface area contributed by atoms with Crippen molar-refractivity contribution < 1.29 is 4.79 Å². The second-order valence-corrected chi connectivity index (χ2v) is 7.09. The molecule has 1 aromatic rings. The topological polar surface area (TPSA) is 32.3 Å². The quantitative estimate of drug-likeness (QED) is 0.760. The van der Waals surface area contributed by atoms with Crippen LogP contribution in [-0.2, 0) is 11.3 Å². The number of thiophene rings is 1. The zero-order valence-corrected chi connectivity index (χ0v) is 15.8. The van der Waals surface area contributed by atoms with Gasteiger partial charge in [0.1, 0.15) is 0 Å². The van der Waals surface area contributed by atoms with Crippen molar-refractivity contribution >= 4 is 42.1 Å². The molecule has 2 fully saturated rings. The second-order valence-electron chi connectivity index (χ2n) is 6.31. The summed E-state index contributed by atoms with van der Waals surface area (Å²) in [7, 11) is 0. The molecule has 1 N–H and O–H groups in total. The third kappa shape index (κ3) is 4.72. The Hall–Kier alpha value is -0.550. The maximum atomic E-state index is 12.6. The number of amides is 1. The minimum absolute atomic E-state index is 0. The van der Waals surface area contributed by atoms with Crippen molar-refractivity contribution in [3.63, 3.8) is 0 Å². The minimum atomic E-state index is 0. The molecule has 1 spiro atoms. The van der Waals surface area contributed by atoms with Crippen LogP contribution in [0, 0.1) is 5.41 Å². The van der Waals surface area contributed by atoms with Gasteiger partial charge in [-0.2, -0.15) is 11.3 Å². The zero-order chi connectivity index (χ0) is 14.7. The van der Waals surface area contributed by atoms with Gasteiger partial charge in [0.2, 0.25) is 5.91 Å². The number of nitrogens with zero attached hydrogens (tertiary/aromatic N) is 1.